The van der Waals surface area contributed by atoms with Crippen LogP contribution in [0.3, 0.4) is 0 Å². The maximum absolute atomic E-state index is 13.0. The highest BCUT2D eigenvalue weighted by Gasteiger charge is 2.13. The smallest absolute Gasteiger partial charge is 0.411 e. The van der Waals surface area contributed by atoms with Crippen molar-refractivity contribution in [2.24, 2.45) is 0 Å². The van der Waals surface area contributed by atoms with Gasteiger partial charge < -0.3 is 9.84 Å². The van der Waals surface area contributed by atoms with Crippen LogP contribution in [0, 0.1) is 17.5 Å². The first kappa shape index (κ1) is 12.3. The lowest BCUT2D eigenvalue weighted by Gasteiger charge is -2.07. The van der Waals surface area contributed by atoms with Gasteiger partial charge in [-0.2, -0.15) is 0 Å². The summed E-state index contributed by atoms with van der Waals surface area (Å²) in [5.74, 6) is -3.84. The van der Waals surface area contributed by atoms with E-state index in [-0.39, 0.29) is 6.61 Å². The number of carbonyl (C=O) groups is 1. The highest BCUT2D eigenvalue weighted by atomic mass is 19.2. The Labute approximate surface area is 88.6 Å². The van der Waals surface area contributed by atoms with Crippen molar-refractivity contribution in [3.05, 3.63) is 29.6 Å². The van der Waals surface area contributed by atoms with Crippen molar-refractivity contribution in [1.82, 2.24) is 0 Å². The van der Waals surface area contributed by atoms with Crippen LogP contribution in [0.4, 0.5) is 23.7 Å². The molecule has 0 radical (unpaired) electrons. The summed E-state index contributed by atoms with van der Waals surface area (Å²) in [5.41, 5.74) is -0.666. The van der Waals surface area contributed by atoms with E-state index in [9.17, 15) is 18.0 Å². The van der Waals surface area contributed by atoms with Gasteiger partial charge in [0.05, 0.1) is 12.3 Å². The van der Waals surface area contributed by atoms with Crippen LogP contribution in [-0.4, -0.2) is 24.4 Å². The van der Waals surface area contributed by atoms with Gasteiger partial charge in [-0.3, -0.25) is 5.32 Å². The predicted octanol–water partition coefficient (Wildman–Crippen LogP) is 1.64. The lowest BCUT2D eigenvalue weighted by Crippen LogP contribution is -2.17. The van der Waals surface area contributed by atoms with E-state index in [0.717, 1.165) is 0 Å². The quantitative estimate of drug-likeness (QED) is 0.783. The van der Waals surface area contributed by atoms with Crippen molar-refractivity contribution in [3.8, 4) is 0 Å². The van der Waals surface area contributed by atoms with E-state index in [1.165, 1.54) is 0 Å². The third-order valence-corrected chi connectivity index (χ3v) is 1.55. The fourth-order valence-corrected chi connectivity index (χ4v) is 0.931. The number of ether oxygens (including phenoxy) is 1. The van der Waals surface area contributed by atoms with Gasteiger partial charge in [0.15, 0.2) is 11.6 Å². The van der Waals surface area contributed by atoms with Gasteiger partial charge in [0.2, 0.25) is 0 Å². The van der Waals surface area contributed by atoms with Crippen LogP contribution in [0.2, 0.25) is 0 Å². The van der Waals surface area contributed by atoms with Gasteiger partial charge in [0.25, 0.3) is 0 Å². The predicted molar refractivity (Wildman–Crippen MR) is 48.4 cm³/mol. The molecule has 1 amide bonds. The molecule has 2 N–H and O–H groups in total. The number of nitrogens with one attached hydrogen (secondary N) is 1. The molecule has 0 bridgehead atoms. The summed E-state index contributed by atoms with van der Waals surface area (Å²) in [6.45, 7) is -0.710. The number of hydrogen-bond donors (Lipinski definition) is 2. The van der Waals surface area contributed by atoms with Gasteiger partial charge in [-0.15, -0.1) is 0 Å². The van der Waals surface area contributed by atoms with E-state index < -0.39 is 35.8 Å². The number of aliphatic hydroxyl groups excluding tert-OH is 1. The topological polar surface area (TPSA) is 58.6 Å². The Kier molecular flexibility index (Phi) is 4.12. The fraction of sp³-hybridized carbons (Fsp3) is 0.222. The third-order valence-electron chi connectivity index (χ3n) is 1.55. The first-order valence-corrected chi connectivity index (χ1v) is 4.23. The monoisotopic (exact) mass is 235 g/mol. The van der Waals surface area contributed by atoms with Gasteiger partial charge >= 0.3 is 6.09 Å². The second-order valence-electron chi connectivity index (χ2n) is 2.73. The minimum Gasteiger partial charge on any atom is -0.447 e. The SMILES string of the molecule is O=C(Nc1cc(F)cc(F)c1F)OCCO. The van der Waals surface area contributed by atoms with Gasteiger partial charge in [0, 0.05) is 12.1 Å². The number of aliphatic hydroxyl groups is 1. The summed E-state index contributed by atoms with van der Waals surface area (Å²) in [4.78, 5) is 10.9. The number of amides is 1. The van der Waals surface area contributed by atoms with Crippen LogP contribution in [0.5, 0.6) is 0 Å². The van der Waals surface area contributed by atoms with Gasteiger partial charge in [-0.05, 0) is 0 Å². The Morgan fingerprint density at radius 1 is 1.38 bits per heavy atom. The lowest BCUT2D eigenvalue weighted by atomic mass is 10.3. The van der Waals surface area contributed by atoms with Crippen molar-refractivity contribution in [2.45, 2.75) is 0 Å². The van der Waals surface area contributed by atoms with Crippen molar-refractivity contribution < 1.29 is 27.8 Å². The Hall–Kier alpha value is -1.76. The maximum atomic E-state index is 13.0. The average molecular weight is 235 g/mol. The van der Waals surface area contributed by atoms with Crippen LogP contribution in [0.25, 0.3) is 0 Å². The average Bonchev–Trinajstić information content (AvgIpc) is 2.22. The fourth-order valence-electron chi connectivity index (χ4n) is 0.931. The highest BCUT2D eigenvalue weighted by molar-refractivity contribution is 5.84. The molecule has 0 spiro atoms. The molecule has 0 atom stereocenters. The minimum atomic E-state index is -1.42. The van der Waals surface area contributed by atoms with Crippen molar-refractivity contribution in [1.29, 1.82) is 0 Å². The molecule has 0 aliphatic rings. The normalized spacial score (nSPS) is 10.0. The molecule has 0 saturated heterocycles. The lowest BCUT2D eigenvalue weighted by molar-refractivity contribution is 0.131. The van der Waals surface area contributed by atoms with Crippen molar-refractivity contribution in [3.63, 3.8) is 0 Å². The van der Waals surface area contributed by atoms with E-state index >= 15 is 0 Å². The first-order chi connectivity index (χ1) is 7.54. The first-order valence-electron chi connectivity index (χ1n) is 4.23. The number of halogens is 3. The number of anilines is 1. The summed E-state index contributed by atoms with van der Waals surface area (Å²) in [6.07, 6.45) is -1.11. The summed E-state index contributed by atoms with van der Waals surface area (Å²) < 4.78 is 42.7. The minimum absolute atomic E-state index is 0.300. The molecule has 0 aliphatic carbocycles. The van der Waals surface area contributed by atoms with E-state index in [1.54, 1.807) is 5.32 Å². The summed E-state index contributed by atoms with van der Waals surface area (Å²) in [7, 11) is 0. The molecular weight excluding hydrogens is 227 g/mol. The second-order valence-corrected chi connectivity index (χ2v) is 2.73. The zero-order valence-electron chi connectivity index (χ0n) is 7.97. The van der Waals surface area contributed by atoms with Gasteiger partial charge in [-0.1, -0.05) is 0 Å². The standard InChI is InChI=1S/C9H8F3NO3/c10-5-3-6(11)8(12)7(4-5)13-9(15)16-2-1-14/h3-4,14H,1-2H2,(H,13,15). The molecule has 0 heterocycles. The Morgan fingerprint density at radius 3 is 2.69 bits per heavy atom. The highest BCUT2D eigenvalue weighted by Crippen LogP contribution is 2.19. The molecular formula is C9H8F3NO3. The summed E-state index contributed by atoms with van der Waals surface area (Å²) in [6, 6.07) is 0.957. The number of carbonyl (C=O) groups excluding carboxylic acids is 1. The molecule has 1 aromatic carbocycles. The summed E-state index contributed by atoms with van der Waals surface area (Å²) in [5, 5.41) is 10.1. The maximum Gasteiger partial charge on any atom is 0.411 e. The second kappa shape index (κ2) is 5.36. The third kappa shape index (κ3) is 3.13. The van der Waals surface area contributed by atoms with Crippen LogP contribution in [0.15, 0.2) is 12.1 Å². The number of benzene rings is 1. The van der Waals surface area contributed by atoms with Crippen molar-refractivity contribution in [2.75, 3.05) is 18.5 Å². The molecule has 0 aromatic heterocycles. The number of rotatable bonds is 3. The Bertz CT molecular complexity index is 398. The van der Waals surface area contributed by atoms with Crippen molar-refractivity contribution >= 4 is 11.8 Å². The molecule has 88 valence electrons. The van der Waals surface area contributed by atoms with E-state index in [4.69, 9.17) is 5.11 Å². The molecule has 0 saturated carbocycles. The molecule has 1 aromatic rings. The van der Waals surface area contributed by atoms with Crippen LogP contribution in [0.1, 0.15) is 0 Å². The molecule has 0 unspecified atom stereocenters. The molecule has 4 nitrogen and oxygen atoms in total. The zero-order valence-corrected chi connectivity index (χ0v) is 7.97. The van der Waals surface area contributed by atoms with E-state index in [1.807, 2.05) is 0 Å². The largest absolute Gasteiger partial charge is 0.447 e. The van der Waals surface area contributed by atoms with Gasteiger partial charge in [-0.25, -0.2) is 18.0 Å². The number of hydrogen-bond acceptors (Lipinski definition) is 3. The molecule has 16 heavy (non-hydrogen) atoms. The van der Waals surface area contributed by atoms with E-state index in [2.05, 4.69) is 4.74 Å². The summed E-state index contributed by atoms with van der Waals surface area (Å²) >= 11 is 0. The zero-order chi connectivity index (χ0) is 12.1. The molecule has 1 rings (SSSR count). The van der Waals surface area contributed by atoms with Crippen LogP contribution in [-0.2, 0) is 4.74 Å². The molecule has 0 fully saturated rings. The molecule has 0 aliphatic heterocycles. The Morgan fingerprint density at radius 2 is 2.06 bits per heavy atom. The molecule has 7 heteroatoms. The van der Waals surface area contributed by atoms with Crippen LogP contribution < -0.4 is 5.32 Å². The Balaban J connectivity index is 2.77. The van der Waals surface area contributed by atoms with E-state index in [0.29, 0.717) is 12.1 Å². The van der Waals surface area contributed by atoms with Gasteiger partial charge in [0.1, 0.15) is 12.4 Å². The van der Waals surface area contributed by atoms with Crippen LogP contribution >= 0.6 is 0 Å².